The van der Waals surface area contributed by atoms with Crippen molar-refractivity contribution in [3.63, 3.8) is 0 Å². The summed E-state index contributed by atoms with van der Waals surface area (Å²) < 4.78 is 26.4. The van der Waals surface area contributed by atoms with E-state index in [2.05, 4.69) is 9.72 Å². The molecule has 1 rings (SSSR count). The molecular weight excluding hydrogens is 220 g/mol. The maximum absolute atomic E-state index is 10.9. The fourth-order valence-corrected chi connectivity index (χ4v) is 1.65. The van der Waals surface area contributed by atoms with Crippen molar-refractivity contribution in [2.75, 3.05) is 6.26 Å². The summed E-state index contributed by atoms with van der Waals surface area (Å²) in [7, 11) is -3.11. The number of amides is 1. The molecule has 1 aromatic heterocycles. The van der Waals surface area contributed by atoms with Crippen molar-refractivity contribution >= 4 is 15.9 Å². The van der Waals surface area contributed by atoms with Gasteiger partial charge in [-0.3, -0.25) is 4.98 Å². The van der Waals surface area contributed by atoms with E-state index in [0.717, 1.165) is 6.26 Å². The van der Waals surface area contributed by atoms with E-state index in [-0.39, 0.29) is 11.5 Å². The molecule has 82 valence electrons. The van der Waals surface area contributed by atoms with Gasteiger partial charge in [0.25, 0.3) is 0 Å². The molecule has 1 aromatic rings. The van der Waals surface area contributed by atoms with E-state index in [0.29, 0.717) is 5.69 Å². The average molecular weight is 230 g/mol. The maximum atomic E-state index is 10.9. The number of hydrogen-bond acceptors (Lipinski definition) is 5. The van der Waals surface area contributed by atoms with E-state index in [1.54, 1.807) is 0 Å². The van der Waals surface area contributed by atoms with Gasteiger partial charge in [-0.25, -0.2) is 13.2 Å². The van der Waals surface area contributed by atoms with Crippen molar-refractivity contribution in [2.24, 2.45) is 5.73 Å². The number of nitrogens with two attached hydrogens (primary N) is 1. The summed E-state index contributed by atoms with van der Waals surface area (Å²) in [5, 5.41) is 0. The highest BCUT2D eigenvalue weighted by molar-refractivity contribution is 7.89. The Balaban J connectivity index is 2.77. The maximum Gasteiger partial charge on any atom is 0.410 e. The summed E-state index contributed by atoms with van der Waals surface area (Å²) >= 11 is 0. The van der Waals surface area contributed by atoms with Gasteiger partial charge in [0.05, 0.1) is 17.6 Å². The number of hydrogen-bond donors (Lipinski definition) is 1. The zero-order valence-corrected chi connectivity index (χ0v) is 8.82. The molecule has 0 saturated heterocycles. The second-order valence-electron chi connectivity index (χ2n) is 2.98. The predicted octanol–water partition coefficient (Wildman–Crippen LogP) is 0.0837. The molecule has 0 radical (unpaired) electrons. The van der Waals surface area contributed by atoms with Gasteiger partial charge in [0.1, 0.15) is 0 Å². The number of aromatic nitrogens is 1. The Kier molecular flexibility index (Phi) is 3.25. The topological polar surface area (TPSA) is 99.4 Å². The number of rotatable bonds is 3. The molecule has 6 nitrogen and oxygen atoms in total. The van der Waals surface area contributed by atoms with E-state index in [1.807, 2.05) is 0 Å². The second kappa shape index (κ2) is 4.26. The van der Waals surface area contributed by atoms with E-state index >= 15 is 0 Å². The van der Waals surface area contributed by atoms with Crippen LogP contribution in [0.15, 0.2) is 18.3 Å². The van der Waals surface area contributed by atoms with Crippen molar-refractivity contribution in [1.29, 1.82) is 0 Å². The minimum Gasteiger partial charge on any atom is -0.409 e. The first-order valence-corrected chi connectivity index (χ1v) is 6.03. The summed E-state index contributed by atoms with van der Waals surface area (Å²) in [6, 6.07) is 2.89. The fraction of sp³-hybridized carbons (Fsp3) is 0.250. The fourth-order valence-electron chi connectivity index (χ4n) is 0.941. The molecule has 0 saturated carbocycles. The molecule has 1 heterocycles. The van der Waals surface area contributed by atoms with Crippen LogP contribution in [0, 0.1) is 0 Å². The first kappa shape index (κ1) is 11.4. The summed E-state index contributed by atoms with van der Waals surface area (Å²) in [6.45, 7) is 0. The van der Waals surface area contributed by atoms with Crippen LogP contribution in [0.3, 0.4) is 0 Å². The minimum atomic E-state index is -3.11. The summed E-state index contributed by atoms with van der Waals surface area (Å²) in [5.74, 6) is 0.0314. The highest BCUT2D eigenvalue weighted by Gasteiger charge is 2.06. The molecular formula is C8H10N2O4S. The first-order valence-electron chi connectivity index (χ1n) is 3.97. The summed E-state index contributed by atoms with van der Waals surface area (Å²) in [5.41, 5.74) is 5.16. The lowest BCUT2D eigenvalue weighted by Crippen LogP contribution is -2.16. The number of carbonyl (C=O) groups excluding carboxylic acids is 1. The Labute approximate surface area is 87.0 Å². The van der Waals surface area contributed by atoms with Crippen LogP contribution in [0.4, 0.5) is 4.79 Å². The van der Waals surface area contributed by atoms with Crippen LogP contribution in [0.1, 0.15) is 5.69 Å². The molecule has 0 fully saturated rings. The van der Waals surface area contributed by atoms with Crippen LogP contribution in [0.2, 0.25) is 0 Å². The molecule has 15 heavy (non-hydrogen) atoms. The molecule has 0 aliphatic carbocycles. The van der Waals surface area contributed by atoms with Gasteiger partial charge in [-0.1, -0.05) is 0 Å². The Morgan fingerprint density at radius 2 is 2.20 bits per heavy atom. The van der Waals surface area contributed by atoms with Crippen molar-refractivity contribution < 1.29 is 17.9 Å². The van der Waals surface area contributed by atoms with Crippen LogP contribution in [0.5, 0.6) is 5.75 Å². The average Bonchev–Trinajstić information content (AvgIpc) is 2.05. The van der Waals surface area contributed by atoms with Gasteiger partial charge in [0, 0.05) is 6.26 Å². The molecule has 0 aliphatic rings. The van der Waals surface area contributed by atoms with Gasteiger partial charge in [0.2, 0.25) is 0 Å². The zero-order valence-electron chi connectivity index (χ0n) is 8.00. The SMILES string of the molecule is CS(=O)(=O)Cc1ccc(OC(N)=O)cn1. The normalized spacial score (nSPS) is 11.0. The molecule has 0 aromatic carbocycles. The molecule has 0 aliphatic heterocycles. The van der Waals surface area contributed by atoms with Gasteiger partial charge in [0.15, 0.2) is 15.6 Å². The number of carbonyl (C=O) groups is 1. The standard InChI is InChI=1S/C8H10N2O4S/c1-15(12,13)5-6-2-3-7(4-10-6)14-8(9)11/h2-4H,5H2,1H3,(H2,9,11). The molecule has 0 spiro atoms. The van der Waals surface area contributed by atoms with Gasteiger partial charge < -0.3 is 10.5 Å². The van der Waals surface area contributed by atoms with Gasteiger partial charge >= 0.3 is 6.09 Å². The van der Waals surface area contributed by atoms with Gasteiger partial charge in [-0.05, 0) is 12.1 Å². The number of nitrogens with zero attached hydrogens (tertiary/aromatic N) is 1. The van der Waals surface area contributed by atoms with Crippen LogP contribution < -0.4 is 10.5 Å². The quantitative estimate of drug-likeness (QED) is 0.792. The number of primary amides is 1. The van der Waals surface area contributed by atoms with Gasteiger partial charge in [-0.15, -0.1) is 0 Å². The lowest BCUT2D eigenvalue weighted by molar-refractivity contribution is 0.210. The molecule has 7 heteroatoms. The number of pyridine rings is 1. The number of sulfone groups is 1. The van der Waals surface area contributed by atoms with E-state index in [9.17, 15) is 13.2 Å². The third-order valence-electron chi connectivity index (χ3n) is 1.43. The summed E-state index contributed by atoms with van der Waals surface area (Å²) in [6.07, 6.45) is 1.42. The van der Waals surface area contributed by atoms with Crippen molar-refractivity contribution in [3.05, 3.63) is 24.0 Å². The number of ether oxygens (including phenoxy) is 1. The summed E-state index contributed by atoms with van der Waals surface area (Å²) in [4.78, 5) is 14.2. The third kappa shape index (κ3) is 4.41. The Morgan fingerprint density at radius 1 is 1.53 bits per heavy atom. The monoisotopic (exact) mass is 230 g/mol. The molecule has 0 bridgehead atoms. The van der Waals surface area contributed by atoms with E-state index in [4.69, 9.17) is 5.73 Å². The molecule has 1 amide bonds. The van der Waals surface area contributed by atoms with E-state index in [1.165, 1.54) is 18.3 Å². The van der Waals surface area contributed by atoms with Crippen molar-refractivity contribution in [2.45, 2.75) is 5.75 Å². The lowest BCUT2D eigenvalue weighted by atomic mass is 10.4. The van der Waals surface area contributed by atoms with Gasteiger partial charge in [-0.2, -0.15) is 0 Å². The zero-order chi connectivity index (χ0) is 11.5. The molecule has 2 N–H and O–H groups in total. The van der Waals surface area contributed by atoms with Crippen molar-refractivity contribution in [1.82, 2.24) is 4.98 Å². The van der Waals surface area contributed by atoms with Crippen LogP contribution >= 0.6 is 0 Å². The van der Waals surface area contributed by atoms with E-state index < -0.39 is 15.9 Å². The molecule has 0 unspecified atom stereocenters. The lowest BCUT2D eigenvalue weighted by Gasteiger charge is -2.01. The minimum absolute atomic E-state index is 0.149. The predicted molar refractivity (Wildman–Crippen MR) is 53.0 cm³/mol. The smallest absolute Gasteiger partial charge is 0.409 e. The molecule has 0 atom stereocenters. The van der Waals surface area contributed by atoms with Crippen LogP contribution in [0.25, 0.3) is 0 Å². The first-order chi connectivity index (χ1) is 6.87. The highest BCUT2D eigenvalue weighted by Crippen LogP contribution is 2.10. The second-order valence-corrected chi connectivity index (χ2v) is 5.12. The third-order valence-corrected chi connectivity index (χ3v) is 2.25. The highest BCUT2D eigenvalue weighted by atomic mass is 32.2. The Morgan fingerprint density at radius 3 is 2.60 bits per heavy atom. The van der Waals surface area contributed by atoms with Crippen LogP contribution in [-0.2, 0) is 15.6 Å². The van der Waals surface area contributed by atoms with Crippen molar-refractivity contribution in [3.8, 4) is 5.75 Å². The largest absolute Gasteiger partial charge is 0.410 e. The Bertz CT molecular complexity index is 452. The van der Waals surface area contributed by atoms with Crippen LogP contribution in [-0.4, -0.2) is 25.8 Å². The Hall–Kier alpha value is -1.63.